The standard InChI is InChI=1S/C9H20ClNO4S2/c1-4-9(5-2,8-10)11-17(14,15)7-6-16(3,12)13/h11H,4-8H2,1-3H3. The fourth-order valence-electron chi connectivity index (χ4n) is 1.25. The molecule has 0 aromatic rings. The van der Waals surface area contributed by atoms with Crippen molar-refractivity contribution in [3.05, 3.63) is 0 Å². The van der Waals surface area contributed by atoms with E-state index < -0.39 is 31.2 Å². The van der Waals surface area contributed by atoms with Crippen molar-refractivity contribution in [2.45, 2.75) is 32.2 Å². The van der Waals surface area contributed by atoms with Gasteiger partial charge in [-0.05, 0) is 12.8 Å². The van der Waals surface area contributed by atoms with Crippen molar-refractivity contribution in [2.75, 3.05) is 23.6 Å². The minimum Gasteiger partial charge on any atom is -0.229 e. The first-order valence-corrected chi connectivity index (χ1v) is 9.60. The van der Waals surface area contributed by atoms with E-state index in [9.17, 15) is 16.8 Å². The average molecular weight is 306 g/mol. The van der Waals surface area contributed by atoms with Gasteiger partial charge in [0, 0.05) is 17.7 Å². The predicted molar refractivity (Wildman–Crippen MR) is 70.7 cm³/mol. The first-order valence-electron chi connectivity index (χ1n) is 5.35. The van der Waals surface area contributed by atoms with Gasteiger partial charge in [0.1, 0.15) is 9.84 Å². The summed E-state index contributed by atoms with van der Waals surface area (Å²) in [5, 5.41) is 0. The van der Waals surface area contributed by atoms with Crippen LogP contribution in [0, 0.1) is 0 Å². The lowest BCUT2D eigenvalue weighted by Gasteiger charge is -2.30. The predicted octanol–water partition coefficient (Wildman–Crippen LogP) is 0.748. The Kier molecular flexibility index (Phi) is 6.41. The highest BCUT2D eigenvalue weighted by atomic mass is 35.5. The third-order valence-corrected chi connectivity index (χ3v) is 5.91. The summed E-state index contributed by atoms with van der Waals surface area (Å²) in [4.78, 5) is 0. The molecule has 0 aliphatic carbocycles. The van der Waals surface area contributed by atoms with Crippen LogP contribution < -0.4 is 4.72 Å². The molecule has 0 aliphatic rings. The highest BCUT2D eigenvalue weighted by Crippen LogP contribution is 2.18. The number of nitrogens with one attached hydrogen (secondary N) is 1. The molecule has 0 bridgehead atoms. The van der Waals surface area contributed by atoms with Gasteiger partial charge in [-0.3, -0.25) is 0 Å². The van der Waals surface area contributed by atoms with E-state index in [4.69, 9.17) is 11.6 Å². The molecule has 0 aromatic carbocycles. The molecule has 8 heteroatoms. The van der Waals surface area contributed by atoms with Crippen LogP contribution in [-0.4, -0.2) is 46.0 Å². The van der Waals surface area contributed by atoms with Crippen molar-refractivity contribution < 1.29 is 16.8 Å². The maximum atomic E-state index is 11.7. The Balaban J connectivity index is 4.75. The lowest BCUT2D eigenvalue weighted by molar-refractivity contribution is 0.394. The molecule has 5 nitrogen and oxygen atoms in total. The second-order valence-corrected chi connectivity index (χ2v) is 8.54. The third-order valence-electron chi connectivity index (χ3n) is 2.70. The van der Waals surface area contributed by atoms with E-state index in [1.54, 1.807) is 0 Å². The quantitative estimate of drug-likeness (QED) is 0.671. The highest BCUT2D eigenvalue weighted by molar-refractivity contribution is 7.93. The molecule has 0 radical (unpaired) electrons. The normalized spacial score (nSPS) is 13.9. The van der Waals surface area contributed by atoms with Crippen molar-refractivity contribution in [1.29, 1.82) is 0 Å². The number of sulfone groups is 1. The second-order valence-electron chi connectivity index (χ2n) is 4.17. The van der Waals surface area contributed by atoms with E-state index in [2.05, 4.69) is 4.72 Å². The molecule has 1 N–H and O–H groups in total. The first-order chi connectivity index (χ1) is 7.60. The van der Waals surface area contributed by atoms with Crippen LogP contribution in [0.1, 0.15) is 26.7 Å². The van der Waals surface area contributed by atoms with Crippen LogP contribution in [0.3, 0.4) is 0 Å². The molecule has 104 valence electrons. The van der Waals surface area contributed by atoms with Crippen molar-refractivity contribution in [1.82, 2.24) is 4.72 Å². The Morgan fingerprint density at radius 3 is 1.82 bits per heavy atom. The SMILES string of the molecule is CCC(CC)(CCl)NS(=O)(=O)CCS(C)(=O)=O. The summed E-state index contributed by atoms with van der Waals surface area (Å²) < 4.78 is 47.8. The largest absolute Gasteiger partial charge is 0.229 e. The van der Waals surface area contributed by atoms with Crippen LogP contribution >= 0.6 is 11.6 Å². The monoisotopic (exact) mass is 305 g/mol. The van der Waals surface area contributed by atoms with Crippen LogP contribution in [0.4, 0.5) is 0 Å². The summed E-state index contributed by atoms with van der Waals surface area (Å²) in [7, 11) is -6.91. The maximum absolute atomic E-state index is 11.7. The lowest BCUT2D eigenvalue weighted by atomic mass is 9.97. The van der Waals surface area contributed by atoms with E-state index in [1.165, 1.54) is 0 Å². The molecule has 0 saturated carbocycles. The molecule has 0 atom stereocenters. The van der Waals surface area contributed by atoms with Gasteiger partial charge >= 0.3 is 0 Å². The Hall–Kier alpha value is 0.150. The summed E-state index contributed by atoms with van der Waals surface area (Å²) >= 11 is 5.78. The minimum absolute atomic E-state index is 0.165. The number of rotatable bonds is 8. The molecule has 0 rings (SSSR count). The van der Waals surface area contributed by atoms with Crippen molar-refractivity contribution in [2.24, 2.45) is 0 Å². The molecule has 0 heterocycles. The van der Waals surface area contributed by atoms with Crippen LogP contribution in [0.15, 0.2) is 0 Å². The van der Waals surface area contributed by atoms with Crippen LogP contribution in [-0.2, 0) is 19.9 Å². The maximum Gasteiger partial charge on any atom is 0.213 e. The van der Waals surface area contributed by atoms with Gasteiger partial charge in [0.05, 0.1) is 11.5 Å². The summed E-state index contributed by atoms with van der Waals surface area (Å²) in [6.07, 6.45) is 2.13. The molecule has 0 spiro atoms. The molecule has 0 amide bonds. The number of hydrogen-bond acceptors (Lipinski definition) is 4. The van der Waals surface area contributed by atoms with Gasteiger partial charge in [0.25, 0.3) is 0 Å². The second kappa shape index (κ2) is 6.36. The van der Waals surface area contributed by atoms with Gasteiger partial charge in [-0.1, -0.05) is 13.8 Å². The van der Waals surface area contributed by atoms with Crippen LogP contribution in [0.2, 0.25) is 0 Å². The Bertz CT molecular complexity index is 418. The zero-order chi connectivity index (χ0) is 13.7. The Morgan fingerprint density at radius 2 is 1.53 bits per heavy atom. The van der Waals surface area contributed by atoms with Crippen molar-refractivity contribution >= 4 is 31.5 Å². The first kappa shape index (κ1) is 17.2. The molecule has 0 unspecified atom stereocenters. The molecule has 0 aromatic heterocycles. The van der Waals surface area contributed by atoms with Gasteiger partial charge in [-0.25, -0.2) is 21.6 Å². The van der Waals surface area contributed by atoms with Crippen LogP contribution in [0.25, 0.3) is 0 Å². The van der Waals surface area contributed by atoms with Crippen molar-refractivity contribution in [3.8, 4) is 0 Å². The summed E-state index contributed by atoms with van der Waals surface area (Å²) in [6.45, 7) is 3.68. The zero-order valence-electron chi connectivity index (χ0n) is 10.4. The number of hydrogen-bond donors (Lipinski definition) is 1. The molecular formula is C9H20ClNO4S2. The van der Waals surface area contributed by atoms with Gasteiger partial charge in [0.15, 0.2) is 0 Å². The molecular weight excluding hydrogens is 286 g/mol. The third kappa shape index (κ3) is 6.59. The van der Waals surface area contributed by atoms with Gasteiger partial charge < -0.3 is 0 Å². The number of sulfonamides is 1. The minimum atomic E-state index is -3.62. The average Bonchev–Trinajstić information content (AvgIpc) is 2.23. The fourth-order valence-corrected chi connectivity index (χ4v) is 4.99. The van der Waals surface area contributed by atoms with Crippen molar-refractivity contribution in [3.63, 3.8) is 0 Å². The molecule has 17 heavy (non-hydrogen) atoms. The Labute approximate surface area is 109 Å². The highest BCUT2D eigenvalue weighted by Gasteiger charge is 2.30. The smallest absolute Gasteiger partial charge is 0.213 e. The summed E-state index contributed by atoms with van der Waals surface area (Å²) in [5.41, 5.74) is -0.683. The van der Waals surface area contributed by atoms with Gasteiger partial charge in [0.2, 0.25) is 10.0 Å². The van der Waals surface area contributed by atoms with Gasteiger partial charge in [-0.2, -0.15) is 0 Å². The van der Waals surface area contributed by atoms with E-state index in [1.807, 2.05) is 13.8 Å². The summed E-state index contributed by atoms with van der Waals surface area (Å²) in [6, 6.07) is 0. The van der Waals surface area contributed by atoms with E-state index in [0.717, 1.165) is 6.26 Å². The zero-order valence-corrected chi connectivity index (χ0v) is 12.8. The fraction of sp³-hybridized carbons (Fsp3) is 1.00. The van der Waals surface area contributed by atoms with Crippen LogP contribution in [0.5, 0.6) is 0 Å². The van der Waals surface area contributed by atoms with E-state index in [-0.39, 0.29) is 11.6 Å². The Morgan fingerprint density at radius 1 is 1.06 bits per heavy atom. The van der Waals surface area contributed by atoms with E-state index >= 15 is 0 Å². The number of halogens is 1. The topological polar surface area (TPSA) is 80.3 Å². The van der Waals surface area contributed by atoms with E-state index in [0.29, 0.717) is 12.8 Å². The lowest BCUT2D eigenvalue weighted by Crippen LogP contribution is -2.50. The molecule has 0 fully saturated rings. The molecule has 0 saturated heterocycles. The molecule has 0 aliphatic heterocycles. The number of alkyl halides is 1. The summed E-state index contributed by atoms with van der Waals surface area (Å²) in [5.74, 6) is -0.642. The van der Waals surface area contributed by atoms with Gasteiger partial charge in [-0.15, -0.1) is 11.6 Å².